The Morgan fingerprint density at radius 1 is 1.11 bits per heavy atom. The number of benzene rings is 2. The van der Waals surface area contributed by atoms with Crippen LogP contribution in [0.4, 0.5) is 0 Å². The summed E-state index contributed by atoms with van der Waals surface area (Å²) in [6.45, 7) is -0.606. The quantitative estimate of drug-likeness (QED) is 0.387. The minimum absolute atomic E-state index is 0.235. The molecule has 0 saturated heterocycles. The lowest BCUT2D eigenvalue weighted by Crippen LogP contribution is -2.51. The fourth-order valence-electron chi connectivity index (χ4n) is 2.95. The third-order valence-electron chi connectivity index (χ3n) is 4.35. The number of halogens is 1. The molecule has 8 heteroatoms. The van der Waals surface area contributed by atoms with E-state index in [1.165, 1.54) is 0 Å². The predicted octanol–water partition coefficient (Wildman–Crippen LogP) is 1.59. The molecule has 146 valence electrons. The van der Waals surface area contributed by atoms with Crippen molar-refractivity contribution >= 4 is 34.3 Å². The Morgan fingerprint density at radius 2 is 1.86 bits per heavy atom. The summed E-state index contributed by atoms with van der Waals surface area (Å²) in [6, 6.07) is 15.1. The molecule has 1 heterocycles. The molecule has 2 amide bonds. The van der Waals surface area contributed by atoms with Gasteiger partial charge in [-0.3, -0.25) is 9.59 Å². The maximum absolute atomic E-state index is 12.7. The van der Waals surface area contributed by atoms with Gasteiger partial charge in [0.05, 0.1) is 6.04 Å². The second-order valence-corrected chi connectivity index (χ2v) is 6.76. The van der Waals surface area contributed by atoms with Crippen LogP contribution in [0.5, 0.6) is 0 Å². The zero-order chi connectivity index (χ0) is 20.1. The standard InChI is InChI=1S/C20H20ClN3O4/c21-14-6-7-15-13(9-14)10-17(23-15)19(27)24-16(18(26)20(28)22-11-25)8-12-4-2-1-3-5-12/h1-7,9-10,16,18,23,25-26H,8,11H2,(H,22,28)(H,24,27)/t16-,18+/m0/s1. The molecule has 2 aromatic carbocycles. The molecule has 28 heavy (non-hydrogen) atoms. The lowest BCUT2D eigenvalue weighted by Gasteiger charge is -2.23. The van der Waals surface area contributed by atoms with E-state index in [0.29, 0.717) is 5.02 Å². The van der Waals surface area contributed by atoms with Gasteiger partial charge in [0.1, 0.15) is 12.4 Å². The van der Waals surface area contributed by atoms with Gasteiger partial charge in [0, 0.05) is 15.9 Å². The van der Waals surface area contributed by atoms with Gasteiger partial charge >= 0.3 is 0 Å². The Morgan fingerprint density at radius 3 is 2.57 bits per heavy atom. The highest BCUT2D eigenvalue weighted by Crippen LogP contribution is 2.20. The first-order chi connectivity index (χ1) is 13.5. The number of aromatic amines is 1. The van der Waals surface area contributed by atoms with Gasteiger partial charge in [-0.15, -0.1) is 0 Å². The number of amides is 2. The highest BCUT2D eigenvalue weighted by Gasteiger charge is 2.28. The maximum atomic E-state index is 12.7. The van der Waals surface area contributed by atoms with E-state index in [0.717, 1.165) is 16.5 Å². The molecular weight excluding hydrogens is 382 g/mol. The molecule has 7 nitrogen and oxygen atoms in total. The third kappa shape index (κ3) is 4.69. The minimum Gasteiger partial charge on any atom is -0.381 e. The highest BCUT2D eigenvalue weighted by atomic mass is 35.5. The van der Waals surface area contributed by atoms with Crippen molar-refractivity contribution < 1.29 is 19.8 Å². The number of carbonyl (C=O) groups is 2. The predicted molar refractivity (Wildman–Crippen MR) is 106 cm³/mol. The number of carbonyl (C=O) groups excluding carboxylic acids is 2. The van der Waals surface area contributed by atoms with Crippen molar-refractivity contribution in [2.75, 3.05) is 6.73 Å². The average Bonchev–Trinajstić information content (AvgIpc) is 3.11. The van der Waals surface area contributed by atoms with Crippen LogP contribution < -0.4 is 10.6 Å². The van der Waals surface area contributed by atoms with Crippen LogP contribution in [0.1, 0.15) is 16.1 Å². The van der Waals surface area contributed by atoms with Crippen LogP contribution in [-0.4, -0.2) is 45.9 Å². The molecule has 0 aliphatic carbocycles. The zero-order valence-electron chi connectivity index (χ0n) is 14.9. The van der Waals surface area contributed by atoms with Crippen molar-refractivity contribution in [3.05, 3.63) is 70.9 Å². The van der Waals surface area contributed by atoms with Gasteiger partial charge in [0.15, 0.2) is 6.10 Å². The van der Waals surface area contributed by atoms with Crippen LogP contribution in [0.15, 0.2) is 54.6 Å². The van der Waals surface area contributed by atoms with E-state index in [2.05, 4.69) is 15.6 Å². The number of nitrogens with one attached hydrogen (secondary N) is 3. The Bertz CT molecular complexity index is 974. The SMILES string of the molecule is O=C(N[C@@H](Cc1ccccc1)[C@@H](O)C(=O)NCO)c1cc2cc(Cl)ccc2[nH]1. The van der Waals surface area contributed by atoms with Crippen molar-refractivity contribution in [3.63, 3.8) is 0 Å². The van der Waals surface area contributed by atoms with E-state index in [1.54, 1.807) is 24.3 Å². The van der Waals surface area contributed by atoms with Crippen molar-refractivity contribution in [1.82, 2.24) is 15.6 Å². The summed E-state index contributed by atoms with van der Waals surface area (Å²) in [4.78, 5) is 27.7. The number of fused-ring (bicyclic) bond motifs is 1. The number of aliphatic hydroxyl groups is 2. The summed E-state index contributed by atoms with van der Waals surface area (Å²) in [5.41, 5.74) is 1.87. The van der Waals surface area contributed by atoms with Crippen LogP contribution in [0.3, 0.4) is 0 Å². The van der Waals surface area contributed by atoms with Crippen molar-refractivity contribution in [1.29, 1.82) is 0 Å². The van der Waals surface area contributed by atoms with Crippen LogP contribution in [0, 0.1) is 0 Å². The van der Waals surface area contributed by atoms with Gasteiger partial charge < -0.3 is 25.8 Å². The Kier molecular flexibility index (Phi) is 6.30. The first kappa shape index (κ1) is 19.9. The Hall–Kier alpha value is -2.87. The molecule has 1 aromatic heterocycles. The van der Waals surface area contributed by atoms with E-state index in [4.69, 9.17) is 16.7 Å². The van der Waals surface area contributed by atoms with Gasteiger partial charge in [-0.25, -0.2) is 0 Å². The first-order valence-electron chi connectivity index (χ1n) is 8.67. The molecule has 0 saturated carbocycles. The number of hydrogen-bond donors (Lipinski definition) is 5. The Balaban J connectivity index is 1.82. The first-order valence-corrected chi connectivity index (χ1v) is 9.05. The summed E-state index contributed by atoms with van der Waals surface area (Å²) in [7, 11) is 0. The molecule has 0 spiro atoms. The number of aromatic nitrogens is 1. The van der Waals surface area contributed by atoms with Crippen molar-refractivity contribution in [2.24, 2.45) is 0 Å². The fourth-order valence-corrected chi connectivity index (χ4v) is 3.13. The molecular formula is C20H20ClN3O4. The van der Waals surface area contributed by atoms with Crippen LogP contribution in [-0.2, 0) is 11.2 Å². The van der Waals surface area contributed by atoms with E-state index in [1.807, 2.05) is 30.3 Å². The topological polar surface area (TPSA) is 114 Å². The monoisotopic (exact) mass is 401 g/mol. The smallest absolute Gasteiger partial charge is 0.268 e. The maximum Gasteiger partial charge on any atom is 0.268 e. The second-order valence-electron chi connectivity index (χ2n) is 6.33. The molecule has 5 N–H and O–H groups in total. The number of H-pyrrole nitrogens is 1. The van der Waals surface area contributed by atoms with E-state index >= 15 is 0 Å². The van der Waals surface area contributed by atoms with Gasteiger partial charge in [-0.2, -0.15) is 0 Å². The molecule has 2 atom stereocenters. The molecule has 0 fully saturated rings. The highest BCUT2D eigenvalue weighted by molar-refractivity contribution is 6.31. The lowest BCUT2D eigenvalue weighted by atomic mass is 10.0. The average molecular weight is 402 g/mol. The number of rotatable bonds is 7. The molecule has 3 rings (SSSR count). The summed E-state index contributed by atoms with van der Waals surface area (Å²) in [5.74, 6) is -1.24. The summed E-state index contributed by atoms with van der Waals surface area (Å²) in [5, 5.41) is 25.4. The molecule has 0 bridgehead atoms. The van der Waals surface area contributed by atoms with Gasteiger partial charge in [0.2, 0.25) is 0 Å². The second kappa shape index (κ2) is 8.88. The van der Waals surface area contributed by atoms with Crippen molar-refractivity contribution in [2.45, 2.75) is 18.6 Å². The van der Waals surface area contributed by atoms with Gasteiger partial charge in [-0.1, -0.05) is 41.9 Å². The molecule has 3 aromatic rings. The molecule has 0 aliphatic heterocycles. The van der Waals surface area contributed by atoms with Crippen LogP contribution in [0.25, 0.3) is 10.9 Å². The summed E-state index contributed by atoms with van der Waals surface area (Å²) in [6.07, 6.45) is -1.30. The largest absolute Gasteiger partial charge is 0.381 e. The molecule has 0 aliphatic rings. The summed E-state index contributed by atoms with van der Waals surface area (Å²) < 4.78 is 0. The Labute approximate surface area is 166 Å². The van der Waals surface area contributed by atoms with Crippen molar-refractivity contribution in [3.8, 4) is 0 Å². The van der Waals surface area contributed by atoms with E-state index in [-0.39, 0.29) is 12.1 Å². The number of aliphatic hydroxyl groups excluding tert-OH is 2. The molecule has 0 radical (unpaired) electrons. The lowest BCUT2D eigenvalue weighted by molar-refractivity contribution is -0.131. The number of hydrogen-bond acceptors (Lipinski definition) is 4. The van der Waals surface area contributed by atoms with Gasteiger partial charge in [-0.05, 0) is 36.2 Å². The molecule has 0 unspecified atom stereocenters. The minimum atomic E-state index is -1.53. The van der Waals surface area contributed by atoms with Crippen LogP contribution >= 0.6 is 11.6 Å². The van der Waals surface area contributed by atoms with Crippen LogP contribution in [0.2, 0.25) is 5.02 Å². The zero-order valence-corrected chi connectivity index (χ0v) is 15.6. The third-order valence-corrected chi connectivity index (χ3v) is 4.58. The fraction of sp³-hybridized carbons (Fsp3) is 0.200. The normalized spacial score (nSPS) is 13.1. The van der Waals surface area contributed by atoms with Gasteiger partial charge in [0.25, 0.3) is 11.8 Å². The summed E-state index contributed by atoms with van der Waals surface area (Å²) >= 11 is 5.98. The van der Waals surface area contributed by atoms with E-state index in [9.17, 15) is 14.7 Å². The van der Waals surface area contributed by atoms with E-state index < -0.39 is 30.7 Å².